The van der Waals surface area contributed by atoms with E-state index in [-0.39, 0.29) is 16.6 Å². The lowest BCUT2D eigenvalue weighted by atomic mass is 10.3. The molecular weight excluding hydrogens is 246 g/mol. The van der Waals surface area contributed by atoms with Crippen molar-refractivity contribution >= 4 is 21.4 Å². The number of nitrogens with one attached hydrogen (secondary N) is 1. The van der Waals surface area contributed by atoms with Crippen LogP contribution in [-0.4, -0.2) is 19.4 Å². The SMILES string of the molecule is CC(C)NS(=O)(=O)c1ccc(N)c([N+](=O)[O-])c1. The Hall–Kier alpha value is -1.67. The summed E-state index contributed by atoms with van der Waals surface area (Å²) in [5.41, 5.74) is 4.89. The maximum atomic E-state index is 11.8. The largest absolute Gasteiger partial charge is 0.393 e. The summed E-state index contributed by atoms with van der Waals surface area (Å²) in [6.45, 7) is 3.31. The zero-order valence-corrected chi connectivity index (χ0v) is 10.2. The number of nitrogen functional groups attached to an aromatic ring is 1. The first-order valence-electron chi connectivity index (χ1n) is 4.80. The molecule has 0 aliphatic heterocycles. The topological polar surface area (TPSA) is 115 Å². The number of nitrogens with zero attached hydrogens (tertiary/aromatic N) is 1. The summed E-state index contributed by atoms with van der Waals surface area (Å²) in [7, 11) is -3.74. The smallest absolute Gasteiger partial charge is 0.293 e. The Labute approximate surface area is 98.8 Å². The van der Waals surface area contributed by atoms with E-state index >= 15 is 0 Å². The first kappa shape index (κ1) is 13.4. The van der Waals surface area contributed by atoms with Gasteiger partial charge in [0.15, 0.2) is 0 Å². The van der Waals surface area contributed by atoms with Gasteiger partial charge in [-0.15, -0.1) is 0 Å². The molecule has 7 nitrogen and oxygen atoms in total. The zero-order valence-electron chi connectivity index (χ0n) is 9.38. The molecule has 0 fully saturated rings. The number of benzene rings is 1. The van der Waals surface area contributed by atoms with Crippen LogP contribution in [0.4, 0.5) is 11.4 Å². The second kappa shape index (κ2) is 4.68. The fourth-order valence-electron chi connectivity index (χ4n) is 1.23. The molecule has 0 amide bonds. The predicted octanol–water partition coefficient (Wildman–Crippen LogP) is 0.864. The van der Waals surface area contributed by atoms with Crippen LogP contribution in [-0.2, 0) is 10.0 Å². The molecule has 0 saturated carbocycles. The fourth-order valence-corrected chi connectivity index (χ4v) is 2.50. The number of nitro benzene ring substituents is 1. The third kappa shape index (κ3) is 3.14. The van der Waals surface area contributed by atoms with Crippen molar-refractivity contribution in [1.29, 1.82) is 0 Å². The highest BCUT2D eigenvalue weighted by atomic mass is 32.2. The number of sulfonamides is 1. The molecule has 1 aromatic carbocycles. The molecule has 0 radical (unpaired) electrons. The van der Waals surface area contributed by atoms with Crippen LogP contribution in [0.3, 0.4) is 0 Å². The summed E-state index contributed by atoms with van der Waals surface area (Å²) in [5, 5.41) is 10.6. The average Bonchev–Trinajstić information content (AvgIpc) is 2.15. The van der Waals surface area contributed by atoms with Gasteiger partial charge in [0.05, 0.1) is 9.82 Å². The second-order valence-corrected chi connectivity index (χ2v) is 5.47. The Balaban J connectivity index is 3.25. The molecule has 0 saturated heterocycles. The van der Waals surface area contributed by atoms with Gasteiger partial charge in [-0.2, -0.15) is 0 Å². The molecule has 0 bridgehead atoms. The van der Waals surface area contributed by atoms with E-state index in [9.17, 15) is 18.5 Å². The number of nitrogens with two attached hydrogens (primary N) is 1. The molecule has 0 heterocycles. The molecule has 0 atom stereocenters. The van der Waals surface area contributed by atoms with Gasteiger partial charge in [0.25, 0.3) is 5.69 Å². The van der Waals surface area contributed by atoms with E-state index < -0.39 is 20.6 Å². The molecule has 3 N–H and O–H groups in total. The maximum absolute atomic E-state index is 11.8. The van der Waals surface area contributed by atoms with Gasteiger partial charge in [-0.05, 0) is 26.0 Å². The van der Waals surface area contributed by atoms with Gasteiger partial charge in [-0.3, -0.25) is 10.1 Å². The van der Waals surface area contributed by atoms with Gasteiger partial charge in [0.1, 0.15) is 5.69 Å². The van der Waals surface area contributed by atoms with Gasteiger partial charge in [-0.1, -0.05) is 0 Å². The van der Waals surface area contributed by atoms with Gasteiger partial charge in [0, 0.05) is 12.1 Å². The molecule has 1 rings (SSSR count). The number of nitro groups is 1. The van der Waals surface area contributed by atoms with Crippen LogP contribution in [0.25, 0.3) is 0 Å². The standard InChI is InChI=1S/C9H13N3O4S/c1-6(2)11-17(15,16)7-3-4-8(10)9(5-7)12(13)14/h3-6,11H,10H2,1-2H3. The van der Waals surface area contributed by atoms with Crippen LogP contribution in [0.5, 0.6) is 0 Å². The molecule has 0 spiro atoms. The van der Waals surface area contributed by atoms with Crippen LogP contribution < -0.4 is 10.5 Å². The highest BCUT2D eigenvalue weighted by Crippen LogP contribution is 2.24. The van der Waals surface area contributed by atoms with Crippen LogP contribution in [0.2, 0.25) is 0 Å². The lowest BCUT2D eigenvalue weighted by molar-refractivity contribution is -0.384. The highest BCUT2D eigenvalue weighted by molar-refractivity contribution is 7.89. The number of rotatable bonds is 4. The summed E-state index contributed by atoms with van der Waals surface area (Å²) < 4.78 is 25.8. The number of hydrogen-bond acceptors (Lipinski definition) is 5. The summed E-state index contributed by atoms with van der Waals surface area (Å²) in [4.78, 5) is 9.74. The van der Waals surface area contributed by atoms with Gasteiger partial charge in [-0.25, -0.2) is 13.1 Å². The van der Waals surface area contributed by atoms with Crippen molar-refractivity contribution < 1.29 is 13.3 Å². The van der Waals surface area contributed by atoms with Crippen molar-refractivity contribution in [2.45, 2.75) is 24.8 Å². The van der Waals surface area contributed by atoms with Gasteiger partial charge < -0.3 is 5.73 Å². The van der Waals surface area contributed by atoms with E-state index in [0.717, 1.165) is 6.07 Å². The summed E-state index contributed by atoms with van der Waals surface area (Å²) >= 11 is 0. The molecule has 17 heavy (non-hydrogen) atoms. The lowest BCUT2D eigenvalue weighted by Gasteiger charge is -2.09. The van der Waals surface area contributed by atoms with Gasteiger partial charge in [0.2, 0.25) is 10.0 Å². The fraction of sp³-hybridized carbons (Fsp3) is 0.333. The van der Waals surface area contributed by atoms with Crippen LogP contribution in [0, 0.1) is 10.1 Å². The Kier molecular flexibility index (Phi) is 3.69. The monoisotopic (exact) mass is 259 g/mol. The van der Waals surface area contributed by atoms with Crippen molar-refractivity contribution in [3.63, 3.8) is 0 Å². The van der Waals surface area contributed by atoms with Crippen LogP contribution >= 0.6 is 0 Å². The molecule has 0 aliphatic carbocycles. The van der Waals surface area contributed by atoms with E-state index in [0.29, 0.717) is 0 Å². The first-order chi connectivity index (χ1) is 7.74. The average molecular weight is 259 g/mol. The van der Waals surface area contributed by atoms with E-state index in [1.54, 1.807) is 13.8 Å². The molecular formula is C9H13N3O4S. The zero-order chi connectivity index (χ0) is 13.2. The Morgan fingerprint density at radius 2 is 2.00 bits per heavy atom. The molecule has 0 aromatic heterocycles. The Morgan fingerprint density at radius 1 is 1.41 bits per heavy atom. The minimum Gasteiger partial charge on any atom is -0.393 e. The summed E-state index contributed by atoms with van der Waals surface area (Å²) in [6, 6.07) is 3.08. The lowest BCUT2D eigenvalue weighted by Crippen LogP contribution is -2.30. The molecule has 0 unspecified atom stereocenters. The third-order valence-corrected chi connectivity index (χ3v) is 3.56. The summed E-state index contributed by atoms with van der Waals surface area (Å²) in [6.07, 6.45) is 0. The van der Waals surface area contributed by atoms with Crippen molar-refractivity contribution in [1.82, 2.24) is 4.72 Å². The summed E-state index contributed by atoms with van der Waals surface area (Å²) in [5.74, 6) is 0. The normalized spacial score (nSPS) is 11.7. The highest BCUT2D eigenvalue weighted by Gasteiger charge is 2.20. The van der Waals surface area contributed by atoms with Crippen molar-refractivity contribution in [2.24, 2.45) is 0 Å². The quantitative estimate of drug-likeness (QED) is 0.472. The number of hydrogen-bond donors (Lipinski definition) is 2. The van der Waals surface area contributed by atoms with Crippen molar-refractivity contribution in [3.05, 3.63) is 28.3 Å². The molecule has 94 valence electrons. The minimum atomic E-state index is -3.74. The second-order valence-electron chi connectivity index (χ2n) is 3.75. The minimum absolute atomic E-state index is 0.0708. The van der Waals surface area contributed by atoms with E-state index in [2.05, 4.69) is 4.72 Å². The molecule has 0 aliphatic rings. The Morgan fingerprint density at radius 3 is 2.47 bits per heavy atom. The first-order valence-corrected chi connectivity index (χ1v) is 6.28. The van der Waals surface area contributed by atoms with Gasteiger partial charge >= 0.3 is 0 Å². The van der Waals surface area contributed by atoms with Crippen molar-refractivity contribution in [2.75, 3.05) is 5.73 Å². The maximum Gasteiger partial charge on any atom is 0.293 e. The number of anilines is 1. The van der Waals surface area contributed by atoms with Crippen LogP contribution in [0.1, 0.15) is 13.8 Å². The molecule has 8 heteroatoms. The van der Waals surface area contributed by atoms with Crippen molar-refractivity contribution in [3.8, 4) is 0 Å². The van der Waals surface area contributed by atoms with E-state index in [1.165, 1.54) is 12.1 Å². The third-order valence-electron chi connectivity index (χ3n) is 1.90. The Bertz CT molecular complexity index is 539. The van der Waals surface area contributed by atoms with E-state index in [4.69, 9.17) is 5.73 Å². The van der Waals surface area contributed by atoms with Crippen LogP contribution in [0.15, 0.2) is 23.1 Å². The predicted molar refractivity (Wildman–Crippen MR) is 63.0 cm³/mol. The van der Waals surface area contributed by atoms with E-state index in [1.807, 2.05) is 0 Å². The molecule has 1 aromatic rings.